The van der Waals surface area contributed by atoms with Crippen LogP contribution >= 0.6 is 15.9 Å². The van der Waals surface area contributed by atoms with Gasteiger partial charge in [0.1, 0.15) is 11.8 Å². The van der Waals surface area contributed by atoms with Crippen molar-refractivity contribution in [1.29, 1.82) is 0 Å². The van der Waals surface area contributed by atoms with E-state index < -0.39 is 6.04 Å². The third-order valence-corrected chi connectivity index (χ3v) is 3.50. The Morgan fingerprint density at radius 1 is 1.53 bits per heavy atom. The first-order valence-electron chi connectivity index (χ1n) is 6.41. The molecule has 0 bridgehead atoms. The van der Waals surface area contributed by atoms with Crippen molar-refractivity contribution in [3.05, 3.63) is 28.2 Å². The molecular weight excluding hydrogens is 310 g/mol. The molecule has 104 valence electrons. The van der Waals surface area contributed by atoms with Gasteiger partial charge >= 0.3 is 5.97 Å². The Kier molecular flexibility index (Phi) is 4.82. The molecule has 1 fully saturated rings. The Balaban J connectivity index is 2.29. The van der Waals surface area contributed by atoms with Crippen LogP contribution in [0.15, 0.2) is 22.7 Å². The van der Waals surface area contributed by atoms with Crippen LogP contribution in [-0.4, -0.2) is 25.7 Å². The number of hydrogen-bond donors (Lipinski definition) is 1. The van der Waals surface area contributed by atoms with Gasteiger partial charge in [0.15, 0.2) is 0 Å². The maximum Gasteiger partial charge on any atom is 0.327 e. The predicted molar refractivity (Wildman–Crippen MR) is 76.2 cm³/mol. The van der Waals surface area contributed by atoms with Gasteiger partial charge < -0.3 is 9.47 Å². The highest BCUT2D eigenvalue weighted by Crippen LogP contribution is 2.32. The van der Waals surface area contributed by atoms with Crippen LogP contribution in [0.2, 0.25) is 0 Å². The lowest BCUT2D eigenvalue weighted by Gasteiger charge is -2.20. The van der Waals surface area contributed by atoms with E-state index >= 15 is 0 Å². The van der Waals surface area contributed by atoms with Crippen molar-refractivity contribution in [2.75, 3.05) is 13.7 Å². The summed E-state index contributed by atoms with van der Waals surface area (Å²) in [6, 6.07) is 5.57. The summed E-state index contributed by atoms with van der Waals surface area (Å²) in [7, 11) is 1.60. The molecule has 5 heteroatoms. The van der Waals surface area contributed by atoms with Gasteiger partial charge in [-0.1, -0.05) is 15.9 Å². The predicted octanol–water partition coefficient (Wildman–Crippen LogP) is 2.81. The lowest BCUT2D eigenvalue weighted by molar-refractivity contribution is -0.146. The largest absolute Gasteiger partial charge is 0.496 e. The van der Waals surface area contributed by atoms with Crippen molar-refractivity contribution >= 4 is 21.9 Å². The first-order chi connectivity index (χ1) is 9.15. The van der Waals surface area contributed by atoms with Crippen LogP contribution in [0.1, 0.15) is 31.4 Å². The van der Waals surface area contributed by atoms with Crippen molar-refractivity contribution in [1.82, 2.24) is 5.32 Å². The maximum atomic E-state index is 12.1. The summed E-state index contributed by atoms with van der Waals surface area (Å²) in [4.78, 5) is 12.1. The van der Waals surface area contributed by atoms with E-state index in [1.54, 1.807) is 7.11 Å². The minimum Gasteiger partial charge on any atom is -0.496 e. The summed E-state index contributed by atoms with van der Waals surface area (Å²) in [5.41, 5.74) is 0.808. The molecule has 0 spiro atoms. The molecule has 0 amide bonds. The van der Waals surface area contributed by atoms with Gasteiger partial charge in [0, 0.05) is 16.1 Å². The lowest BCUT2D eigenvalue weighted by Crippen LogP contribution is -2.32. The molecule has 1 N–H and O–H groups in total. The third-order valence-electron chi connectivity index (χ3n) is 3.00. The second kappa shape index (κ2) is 6.39. The van der Waals surface area contributed by atoms with Gasteiger partial charge in [0.2, 0.25) is 0 Å². The Morgan fingerprint density at radius 3 is 2.84 bits per heavy atom. The summed E-state index contributed by atoms with van der Waals surface area (Å²) < 4.78 is 11.4. The molecule has 0 aromatic heterocycles. The molecule has 4 nitrogen and oxygen atoms in total. The molecule has 2 rings (SSSR count). The van der Waals surface area contributed by atoms with E-state index in [9.17, 15) is 4.79 Å². The van der Waals surface area contributed by atoms with Gasteiger partial charge in [-0.2, -0.15) is 0 Å². The highest BCUT2D eigenvalue weighted by atomic mass is 79.9. The van der Waals surface area contributed by atoms with E-state index in [1.807, 2.05) is 25.1 Å². The average Bonchev–Trinajstić information content (AvgIpc) is 3.20. The Hall–Kier alpha value is -1.07. The summed E-state index contributed by atoms with van der Waals surface area (Å²) in [5.74, 6) is 0.431. The number of benzene rings is 1. The van der Waals surface area contributed by atoms with Crippen molar-refractivity contribution in [3.8, 4) is 5.75 Å². The molecule has 1 saturated carbocycles. The zero-order chi connectivity index (χ0) is 13.8. The van der Waals surface area contributed by atoms with Gasteiger partial charge in [-0.3, -0.25) is 5.32 Å². The van der Waals surface area contributed by atoms with Crippen LogP contribution in [0, 0.1) is 0 Å². The van der Waals surface area contributed by atoms with E-state index in [0.29, 0.717) is 18.4 Å². The molecule has 1 aromatic rings. The zero-order valence-electron chi connectivity index (χ0n) is 11.1. The fraction of sp³-hybridized carbons (Fsp3) is 0.500. The quantitative estimate of drug-likeness (QED) is 0.816. The Labute approximate surface area is 121 Å². The lowest BCUT2D eigenvalue weighted by atomic mass is 10.1. The molecule has 1 aromatic carbocycles. The molecule has 0 heterocycles. The van der Waals surface area contributed by atoms with Crippen molar-refractivity contribution < 1.29 is 14.3 Å². The van der Waals surface area contributed by atoms with Crippen molar-refractivity contribution in [2.24, 2.45) is 0 Å². The smallest absolute Gasteiger partial charge is 0.327 e. The van der Waals surface area contributed by atoms with Crippen LogP contribution in [0.25, 0.3) is 0 Å². The van der Waals surface area contributed by atoms with Crippen LogP contribution in [0.3, 0.4) is 0 Å². The number of carbonyl (C=O) groups is 1. The monoisotopic (exact) mass is 327 g/mol. The molecule has 19 heavy (non-hydrogen) atoms. The fourth-order valence-electron chi connectivity index (χ4n) is 1.93. The third kappa shape index (κ3) is 3.70. The minimum absolute atomic E-state index is 0.259. The molecule has 1 aliphatic rings. The summed E-state index contributed by atoms with van der Waals surface area (Å²) in [5, 5.41) is 3.32. The summed E-state index contributed by atoms with van der Waals surface area (Å²) >= 11 is 3.43. The van der Waals surface area contributed by atoms with E-state index in [2.05, 4.69) is 21.2 Å². The van der Waals surface area contributed by atoms with Crippen LogP contribution in [0.4, 0.5) is 0 Å². The van der Waals surface area contributed by atoms with Gasteiger partial charge in [-0.15, -0.1) is 0 Å². The molecule has 0 radical (unpaired) electrons. The highest BCUT2D eigenvalue weighted by Gasteiger charge is 2.32. The number of hydrogen-bond acceptors (Lipinski definition) is 4. The van der Waals surface area contributed by atoms with Crippen molar-refractivity contribution in [3.63, 3.8) is 0 Å². The maximum absolute atomic E-state index is 12.1. The molecule has 1 aliphatic carbocycles. The number of esters is 1. The Morgan fingerprint density at radius 2 is 2.26 bits per heavy atom. The van der Waals surface area contributed by atoms with Gasteiger partial charge in [-0.05, 0) is 38.0 Å². The molecule has 0 aliphatic heterocycles. The standard InChI is InChI=1S/C14H18BrNO3/c1-3-19-14(17)13(16-10-5-6-10)11-8-9(15)4-7-12(11)18-2/h4,7-8,10,13,16H,3,5-6H2,1-2H3. The zero-order valence-corrected chi connectivity index (χ0v) is 12.7. The SMILES string of the molecule is CCOC(=O)C(NC1CC1)c1cc(Br)ccc1OC. The van der Waals surface area contributed by atoms with E-state index in [4.69, 9.17) is 9.47 Å². The van der Waals surface area contributed by atoms with E-state index in [1.165, 1.54) is 0 Å². The fourth-order valence-corrected chi connectivity index (χ4v) is 2.31. The molecule has 0 saturated heterocycles. The van der Waals surface area contributed by atoms with Gasteiger partial charge in [0.05, 0.1) is 13.7 Å². The average molecular weight is 328 g/mol. The van der Waals surface area contributed by atoms with Gasteiger partial charge in [-0.25, -0.2) is 4.79 Å². The number of methoxy groups -OCH3 is 1. The van der Waals surface area contributed by atoms with E-state index in [-0.39, 0.29) is 5.97 Å². The number of nitrogens with one attached hydrogen (secondary N) is 1. The van der Waals surface area contributed by atoms with E-state index in [0.717, 1.165) is 22.9 Å². The first kappa shape index (κ1) is 14.3. The molecule has 1 atom stereocenters. The Bertz CT molecular complexity index is 460. The normalized spacial score (nSPS) is 15.9. The first-order valence-corrected chi connectivity index (χ1v) is 7.21. The van der Waals surface area contributed by atoms with Crippen LogP contribution in [-0.2, 0) is 9.53 Å². The highest BCUT2D eigenvalue weighted by molar-refractivity contribution is 9.10. The second-order valence-corrected chi connectivity index (χ2v) is 5.43. The molecule has 1 unspecified atom stereocenters. The summed E-state index contributed by atoms with van der Waals surface area (Å²) in [6.45, 7) is 2.18. The van der Waals surface area contributed by atoms with Gasteiger partial charge in [0.25, 0.3) is 0 Å². The van der Waals surface area contributed by atoms with Crippen molar-refractivity contribution in [2.45, 2.75) is 31.8 Å². The van der Waals surface area contributed by atoms with Crippen LogP contribution in [0.5, 0.6) is 5.75 Å². The topological polar surface area (TPSA) is 47.6 Å². The second-order valence-electron chi connectivity index (χ2n) is 4.51. The number of carbonyl (C=O) groups excluding carboxylic acids is 1. The number of ether oxygens (including phenoxy) is 2. The number of halogens is 1. The molecular formula is C14H18BrNO3. The van der Waals surface area contributed by atoms with Crippen LogP contribution < -0.4 is 10.1 Å². The summed E-state index contributed by atoms with van der Waals surface area (Å²) in [6.07, 6.45) is 2.21. The minimum atomic E-state index is -0.472. The number of rotatable bonds is 6.